The number of carbonyl (C=O) groups is 1. The molecule has 0 fully saturated rings. The quantitative estimate of drug-likeness (QED) is 0.667. The summed E-state index contributed by atoms with van der Waals surface area (Å²) in [6.45, 7) is 2.50. The van der Waals surface area contributed by atoms with Gasteiger partial charge < -0.3 is 10.1 Å². The molecule has 1 N–H and O–H groups in total. The second-order valence-electron chi connectivity index (χ2n) is 6.45. The summed E-state index contributed by atoms with van der Waals surface area (Å²) in [6.07, 6.45) is 6.68. The molecule has 6 heteroatoms. The van der Waals surface area contributed by atoms with Crippen LogP contribution in [0, 0.1) is 5.92 Å². The Bertz CT molecular complexity index is 860. The van der Waals surface area contributed by atoms with Crippen molar-refractivity contribution in [2.75, 3.05) is 13.7 Å². The Balaban J connectivity index is 1.48. The van der Waals surface area contributed by atoms with Crippen LogP contribution in [0.15, 0.2) is 61.2 Å². The normalized spacial score (nSPS) is 11.8. The van der Waals surface area contributed by atoms with Gasteiger partial charge >= 0.3 is 0 Å². The average molecular weight is 364 g/mol. The van der Waals surface area contributed by atoms with Gasteiger partial charge in [-0.3, -0.25) is 9.36 Å². The molecule has 0 spiro atoms. The highest BCUT2D eigenvalue weighted by Crippen LogP contribution is 2.14. The third-order valence-electron chi connectivity index (χ3n) is 4.39. The first-order valence-electron chi connectivity index (χ1n) is 9.00. The number of ether oxygens (including phenoxy) is 1. The number of pyridine rings is 1. The summed E-state index contributed by atoms with van der Waals surface area (Å²) in [5.74, 6) is 1.60. The van der Waals surface area contributed by atoms with Crippen LogP contribution in [0.5, 0.6) is 5.75 Å². The molecule has 0 aliphatic rings. The molecule has 0 aliphatic carbocycles. The lowest BCUT2D eigenvalue weighted by molar-refractivity contribution is -0.124. The Labute approximate surface area is 159 Å². The van der Waals surface area contributed by atoms with Crippen molar-refractivity contribution in [3.05, 3.63) is 72.4 Å². The number of rotatable bonds is 8. The lowest BCUT2D eigenvalue weighted by Crippen LogP contribution is -2.32. The SMILES string of the molecule is COc1ccc(CC(C)C(=O)NCCc2cccc(-n3ccnc3)n2)cc1. The van der Waals surface area contributed by atoms with Gasteiger partial charge in [-0.1, -0.05) is 25.1 Å². The number of benzene rings is 1. The molecule has 140 valence electrons. The van der Waals surface area contributed by atoms with Gasteiger partial charge in [0.15, 0.2) is 0 Å². The standard InChI is InChI=1S/C21H24N4O2/c1-16(14-17-6-8-19(27-2)9-7-17)21(26)23-11-10-18-4-3-5-20(24-18)25-13-12-22-15-25/h3-9,12-13,15-16H,10-11,14H2,1-2H3,(H,23,26). The molecular formula is C21H24N4O2. The molecular weight excluding hydrogens is 340 g/mol. The maximum Gasteiger partial charge on any atom is 0.223 e. The summed E-state index contributed by atoms with van der Waals surface area (Å²) < 4.78 is 7.02. The van der Waals surface area contributed by atoms with Gasteiger partial charge in [-0.25, -0.2) is 9.97 Å². The molecule has 6 nitrogen and oxygen atoms in total. The van der Waals surface area contributed by atoms with Crippen molar-refractivity contribution in [1.82, 2.24) is 19.9 Å². The predicted molar refractivity (Wildman–Crippen MR) is 104 cm³/mol. The van der Waals surface area contributed by atoms with E-state index >= 15 is 0 Å². The lowest BCUT2D eigenvalue weighted by atomic mass is 10.0. The van der Waals surface area contributed by atoms with E-state index in [9.17, 15) is 4.79 Å². The van der Waals surface area contributed by atoms with Gasteiger partial charge in [0.2, 0.25) is 5.91 Å². The van der Waals surface area contributed by atoms with Crippen molar-refractivity contribution in [2.24, 2.45) is 5.92 Å². The second kappa shape index (κ2) is 8.98. The summed E-state index contributed by atoms with van der Waals surface area (Å²) in [6, 6.07) is 13.7. The lowest BCUT2D eigenvalue weighted by Gasteiger charge is -2.13. The van der Waals surface area contributed by atoms with Gasteiger partial charge in [0.25, 0.3) is 0 Å². The molecule has 1 atom stereocenters. The van der Waals surface area contributed by atoms with Crippen LogP contribution < -0.4 is 10.1 Å². The molecule has 2 aromatic heterocycles. The minimum absolute atomic E-state index is 0.0524. The number of methoxy groups -OCH3 is 1. The van der Waals surface area contributed by atoms with Crippen LogP contribution in [0.25, 0.3) is 5.82 Å². The average Bonchev–Trinajstić information content (AvgIpc) is 3.23. The van der Waals surface area contributed by atoms with E-state index in [1.807, 2.05) is 60.2 Å². The van der Waals surface area contributed by atoms with Gasteiger partial charge in [-0.05, 0) is 36.2 Å². The van der Waals surface area contributed by atoms with Crippen LogP contribution in [0.3, 0.4) is 0 Å². The predicted octanol–water partition coefficient (Wildman–Crippen LogP) is 2.81. The topological polar surface area (TPSA) is 69.0 Å². The molecule has 0 bridgehead atoms. The summed E-state index contributed by atoms with van der Waals surface area (Å²) in [7, 11) is 1.64. The third kappa shape index (κ3) is 5.17. The second-order valence-corrected chi connectivity index (χ2v) is 6.45. The fourth-order valence-corrected chi connectivity index (χ4v) is 2.84. The summed E-state index contributed by atoms with van der Waals surface area (Å²) in [5.41, 5.74) is 2.05. The van der Waals surface area contributed by atoms with Gasteiger partial charge in [-0.2, -0.15) is 0 Å². The number of carbonyl (C=O) groups excluding carboxylic acids is 1. The Morgan fingerprint density at radius 3 is 2.74 bits per heavy atom. The number of hydrogen-bond acceptors (Lipinski definition) is 4. The number of amides is 1. The smallest absolute Gasteiger partial charge is 0.223 e. The van der Waals surface area contributed by atoms with E-state index in [2.05, 4.69) is 15.3 Å². The number of hydrogen-bond donors (Lipinski definition) is 1. The fourth-order valence-electron chi connectivity index (χ4n) is 2.84. The van der Waals surface area contributed by atoms with E-state index in [4.69, 9.17) is 4.74 Å². The van der Waals surface area contributed by atoms with E-state index in [1.165, 1.54) is 0 Å². The summed E-state index contributed by atoms with van der Waals surface area (Å²) >= 11 is 0. The molecule has 2 heterocycles. The van der Waals surface area contributed by atoms with E-state index in [0.717, 1.165) is 22.8 Å². The highest BCUT2D eigenvalue weighted by atomic mass is 16.5. The van der Waals surface area contributed by atoms with E-state index in [1.54, 1.807) is 19.6 Å². The van der Waals surface area contributed by atoms with Crippen molar-refractivity contribution in [3.63, 3.8) is 0 Å². The summed E-state index contributed by atoms with van der Waals surface area (Å²) in [5, 5.41) is 3.01. The molecule has 1 aromatic carbocycles. The zero-order chi connectivity index (χ0) is 19.1. The molecule has 27 heavy (non-hydrogen) atoms. The molecule has 1 amide bonds. The van der Waals surface area contributed by atoms with Crippen molar-refractivity contribution >= 4 is 5.91 Å². The minimum Gasteiger partial charge on any atom is -0.497 e. The molecule has 0 radical (unpaired) electrons. The number of imidazole rings is 1. The molecule has 3 aromatic rings. The first-order valence-corrected chi connectivity index (χ1v) is 9.00. The van der Waals surface area contributed by atoms with E-state index in [-0.39, 0.29) is 11.8 Å². The molecule has 3 rings (SSSR count). The Morgan fingerprint density at radius 2 is 2.04 bits per heavy atom. The monoisotopic (exact) mass is 364 g/mol. The van der Waals surface area contributed by atoms with Crippen molar-refractivity contribution in [3.8, 4) is 11.6 Å². The van der Waals surface area contributed by atoms with Crippen molar-refractivity contribution in [1.29, 1.82) is 0 Å². The number of nitrogens with one attached hydrogen (secondary N) is 1. The summed E-state index contributed by atoms with van der Waals surface area (Å²) in [4.78, 5) is 21.0. The zero-order valence-corrected chi connectivity index (χ0v) is 15.6. The van der Waals surface area contributed by atoms with Crippen LogP contribution in [0.4, 0.5) is 0 Å². The third-order valence-corrected chi connectivity index (χ3v) is 4.39. The van der Waals surface area contributed by atoms with Crippen LogP contribution in [0.1, 0.15) is 18.2 Å². The maximum absolute atomic E-state index is 12.3. The Morgan fingerprint density at radius 1 is 1.22 bits per heavy atom. The molecule has 0 saturated carbocycles. The zero-order valence-electron chi connectivity index (χ0n) is 15.6. The maximum atomic E-state index is 12.3. The first-order chi connectivity index (χ1) is 13.2. The van der Waals surface area contributed by atoms with Crippen LogP contribution in [-0.4, -0.2) is 34.1 Å². The number of aromatic nitrogens is 3. The van der Waals surface area contributed by atoms with E-state index < -0.39 is 0 Å². The Hall–Kier alpha value is -3.15. The van der Waals surface area contributed by atoms with E-state index in [0.29, 0.717) is 19.4 Å². The molecule has 0 saturated heterocycles. The number of nitrogens with zero attached hydrogens (tertiary/aromatic N) is 3. The fraction of sp³-hybridized carbons (Fsp3) is 0.286. The van der Waals surface area contributed by atoms with Crippen molar-refractivity contribution < 1.29 is 9.53 Å². The van der Waals surface area contributed by atoms with Gasteiger partial charge in [0.1, 0.15) is 17.9 Å². The van der Waals surface area contributed by atoms with Gasteiger partial charge in [0, 0.05) is 37.0 Å². The van der Waals surface area contributed by atoms with Crippen molar-refractivity contribution in [2.45, 2.75) is 19.8 Å². The van der Waals surface area contributed by atoms with Crippen LogP contribution >= 0.6 is 0 Å². The van der Waals surface area contributed by atoms with Crippen LogP contribution in [0.2, 0.25) is 0 Å². The van der Waals surface area contributed by atoms with Gasteiger partial charge in [-0.15, -0.1) is 0 Å². The minimum atomic E-state index is -0.0939. The van der Waals surface area contributed by atoms with Gasteiger partial charge in [0.05, 0.1) is 7.11 Å². The Kier molecular flexibility index (Phi) is 6.20. The van der Waals surface area contributed by atoms with Crippen LogP contribution in [-0.2, 0) is 17.6 Å². The molecule has 1 unspecified atom stereocenters. The highest BCUT2D eigenvalue weighted by molar-refractivity contribution is 5.78. The first kappa shape index (κ1) is 18.6. The largest absolute Gasteiger partial charge is 0.497 e. The molecule has 0 aliphatic heterocycles. The highest BCUT2D eigenvalue weighted by Gasteiger charge is 2.13.